The molecule has 0 radical (unpaired) electrons. The van der Waals surface area contributed by atoms with Crippen molar-refractivity contribution in [3.8, 4) is 0 Å². The Morgan fingerprint density at radius 3 is 2.50 bits per heavy atom. The zero-order chi connectivity index (χ0) is 15.3. The third kappa shape index (κ3) is 4.47. The second kappa shape index (κ2) is 7.07. The van der Waals surface area contributed by atoms with Crippen LogP contribution in [-0.2, 0) is 19.1 Å². The van der Waals surface area contributed by atoms with Crippen molar-refractivity contribution in [2.45, 2.75) is 59.1 Å². The molecule has 0 bridgehead atoms. The first kappa shape index (κ1) is 17.0. The fraction of sp³-hybridized carbons (Fsp3) is 0.867. The Bertz CT molecular complexity index is 348. The Morgan fingerprint density at radius 1 is 1.35 bits per heavy atom. The minimum absolute atomic E-state index is 0.000602. The van der Waals surface area contributed by atoms with Gasteiger partial charge in [-0.1, -0.05) is 0 Å². The molecule has 1 fully saturated rings. The van der Waals surface area contributed by atoms with Gasteiger partial charge in [-0.3, -0.25) is 9.59 Å². The van der Waals surface area contributed by atoms with Crippen LogP contribution in [0, 0.1) is 5.92 Å². The van der Waals surface area contributed by atoms with Gasteiger partial charge >= 0.3 is 5.97 Å². The van der Waals surface area contributed by atoms with E-state index in [0.29, 0.717) is 13.2 Å². The van der Waals surface area contributed by atoms with Crippen molar-refractivity contribution in [3.05, 3.63) is 0 Å². The lowest BCUT2D eigenvalue weighted by Crippen LogP contribution is -2.53. The number of amides is 1. The van der Waals surface area contributed by atoms with Crippen molar-refractivity contribution in [1.82, 2.24) is 4.90 Å². The molecule has 0 aromatic rings. The van der Waals surface area contributed by atoms with Crippen LogP contribution in [0.5, 0.6) is 0 Å². The molecule has 1 rings (SSSR count). The zero-order valence-corrected chi connectivity index (χ0v) is 13.3. The average molecular weight is 285 g/mol. The minimum atomic E-state index is -0.416. The third-order valence-corrected chi connectivity index (χ3v) is 3.59. The van der Waals surface area contributed by atoms with E-state index in [1.807, 2.05) is 27.7 Å². The molecule has 0 aromatic carbocycles. The van der Waals surface area contributed by atoms with Crippen molar-refractivity contribution < 1.29 is 19.1 Å². The highest BCUT2D eigenvalue weighted by atomic mass is 16.5. The molecule has 1 saturated heterocycles. The summed E-state index contributed by atoms with van der Waals surface area (Å²) in [5.74, 6) is -0.546. The second-order valence-corrected chi connectivity index (χ2v) is 6.22. The standard InChI is InChI=1S/C15H27NO4/c1-6-19-13(17)10-16(15(3,4)5)14(18)12-8-7-9-20-11(12)2/h11-12H,6-10H2,1-5H3/t11-,12-/m1/s1. The Balaban J connectivity index is 2.81. The molecule has 116 valence electrons. The molecule has 2 atom stereocenters. The lowest BCUT2D eigenvalue weighted by Gasteiger charge is -2.39. The lowest BCUT2D eigenvalue weighted by molar-refractivity contribution is -0.158. The van der Waals surface area contributed by atoms with Crippen LogP contribution in [0.4, 0.5) is 0 Å². The van der Waals surface area contributed by atoms with Crippen molar-refractivity contribution >= 4 is 11.9 Å². The number of esters is 1. The molecule has 5 nitrogen and oxygen atoms in total. The Labute approximate surface area is 121 Å². The highest BCUT2D eigenvalue weighted by Crippen LogP contribution is 2.26. The number of hydrogen-bond acceptors (Lipinski definition) is 4. The van der Waals surface area contributed by atoms with Crippen molar-refractivity contribution in [1.29, 1.82) is 0 Å². The summed E-state index contributed by atoms with van der Waals surface area (Å²) in [5, 5.41) is 0. The maximum atomic E-state index is 12.7. The number of ether oxygens (including phenoxy) is 2. The van der Waals surface area contributed by atoms with Gasteiger partial charge < -0.3 is 14.4 Å². The smallest absolute Gasteiger partial charge is 0.325 e. The fourth-order valence-corrected chi connectivity index (χ4v) is 2.43. The van der Waals surface area contributed by atoms with E-state index < -0.39 is 5.54 Å². The lowest BCUT2D eigenvalue weighted by atomic mass is 9.91. The van der Waals surface area contributed by atoms with Gasteiger partial charge in [0.15, 0.2) is 0 Å². The first-order valence-electron chi connectivity index (χ1n) is 7.36. The molecule has 0 aromatic heterocycles. The maximum absolute atomic E-state index is 12.7. The van der Waals surface area contributed by atoms with E-state index in [1.54, 1.807) is 11.8 Å². The highest BCUT2D eigenvalue weighted by molar-refractivity contribution is 5.84. The molecule has 0 spiro atoms. The highest BCUT2D eigenvalue weighted by Gasteiger charge is 2.37. The average Bonchev–Trinajstić information content (AvgIpc) is 2.35. The molecule has 0 unspecified atom stereocenters. The Morgan fingerprint density at radius 2 is 2.00 bits per heavy atom. The normalized spacial score (nSPS) is 23.2. The molecule has 1 amide bonds. The van der Waals surface area contributed by atoms with Crippen LogP contribution in [0.2, 0.25) is 0 Å². The van der Waals surface area contributed by atoms with Crippen LogP contribution in [-0.4, -0.2) is 48.2 Å². The summed E-state index contributed by atoms with van der Waals surface area (Å²) >= 11 is 0. The second-order valence-electron chi connectivity index (χ2n) is 6.22. The van der Waals surface area contributed by atoms with Crippen LogP contribution in [0.15, 0.2) is 0 Å². The number of rotatable bonds is 4. The molecule has 1 aliphatic heterocycles. The Kier molecular flexibility index (Phi) is 5.99. The van der Waals surface area contributed by atoms with Crippen molar-refractivity contribution in [2.24, 2.45) is 5.92 Å². The molecule has 1 aliphatic rings. The SMILES string of the molecule is CCOC(=O)CN(C(=O)[C@@H]1CCCO[C@@H]1C)C(C)(C)C. The predicted molar refractivity (Wildman–Crippen MR) is 76.2 cm³/mol. The first-order chi connectivity index (χ1) is 9.27. The van der Waals surface area contributed by atoms with Crippen LogP contribution in [0.3, 0.4) is 0 Å². The Hall–Kier alpha value is -1.10. The summed E-state index contributed by atoms with van der Waals surface area (Å²) in [6.07, 6.45) is 1.61. The number of carbonyl (C=O) groups is 2. The molecular formula is C15H27NO4. The number of nitrogens with zero attached hydrogens (tertiary/aromatic N) is 1. The van der Waals surface area contributed by atoms with E-state index in [2.05, 4.69) is 0 Å². The molecule has 0 saturated carbocycles. The van der Waals surface area contributed by atoms with E-state index in [1.165, 1.54) is 0 Å². The van der Waals surface area contributed by atoms with Gasteiger partial charge in [0.1, 0.15) is 6.54 Å². The summed E-state index contributed by atoms with van der Waals surface area (Å²) in [7, 11) is 0. The summed E-state index contributed by atoms with van der Waals surface area (Å²) < 4.78 is 10.5. The van der Waals surface area contributed by atoms with Gasteiger partial charge in [-0.25, -0.2) is 0 Å². The predicted octanol–water partition coefficient (Wildman–Crippen LogP) is 1.99. The fourth-order valence-electron chi connectivity index (χ4n) is 2.43. The van der Waals surface area contributed by atoms with Crippen LogP contribution in [0.25, 0.3) is 0 Å². The third-order valence-electron chi connectivity index (χ3n) is 3.59. The molecule has 0 N–H and O–H groups in total. The van der Waals surface area contributed by atoms with Crippen molar-refractivity contribution in [3.63, 3.8) is 0 Å². The maximum Gasteiger partial charge on any atom is 0.325 e. The van der Waals surface area contributed by atoms with Gasteiger partial charge in [0.05, 0.1) is 18.6 Å². The van der Waals surface area contributed by atoms with E-state index in [-0.39, 0.29) is 30.4 Å². The molecule has 0 aliphatic carbocycles. The monoisotopic (exact) mass is 285 g/mol. The molecule has 5 heteroatoms. The van der Waals surface area contributed by atoms with Crippen LogP contribution in [0.1, 0.15) is 47.5 Å². The van der Waals surface area contributed by atoms with Gasteiger partial charge in [0.2, 0.25) is 5.91 Å². The van der Waals surface area contributed by atoms with Gasteiger partial charge in [-0.05, 0) is 47.5 Å². The largest absolute Gasteiger partial charge is 0.465 e. The number of hydrogen-bond donors (Lipinski definition) is 0. The first-order valence-corrected chi connectivity index (χ1v) is 7.36. The molecular weight excluding hydrogens is 258 g/mol. The van der Waals surface area contributed by atoms with Crippen LogP contribution >= 0.6 is 0 Å². The quantitative estimate of drug-likeness (QED) is 0.741. The summed E-state index contributed by atoms with van der Waals surface area (Å²) in [5.41, 5.74) is -0.416. The van der Waals surface area contributed by atoms with E-state index >= 15 is 0 Å². The van der Waals surface area contributed by atoms with E-state index in [0.717, 1.165) is 12.8 Å². The van der Waals surface area contributed by atoms with E-state index in [4.69, 9.17) is 9.47 Å². The van der Waals surface area contributed by atoms with Crippen molar-refractivity contribution in [2.75, 3.05) is 19.8 Å². The molecule has 20 heavy (non-hydrogen) atoms. The van der Waals surface area contributed by atoms with Gasteiger partial charge in [0, 0.05) is 12.1 Å². The van der Waals surface area contributed by atoms with Gasteiger partial charge in [0.25, 0.3) is 0 Å². The van der Waals surface area contributed by atoms with Gasteiger partial charge in [-0.2, -0.15) is 0 Å². The summed E-state index contributed by atoms with van der Waals surface area (Å²) in [6.45, 7) is 10.5. The summed E-state index contributed by atoms with van der Waals surface area (Å²) in [6, 6.07) is 0. The minimum Gasteiger partial charge on any atom is -0.465 e. The van der Waals surface area contributed by atoms with Gasteiger partial charge in [-0.15, -0.1) is 0 Å². The van der Waals surface area contributed by atoms with E-state index in [9.17, 15) is 9.59 Å². The van der Waals surface area contributed by atoms with Crippen LogP contribution < -0.4 is 0 Å². The zero-order valence-electron chi connectivity index (χ0n) is 13.3. The number of carbonyl (C=O) groups excluding carboxylic acids is 2. The molecule has 1 heterocycles. The summed E-state index contributed by atoms with van der Waals surface area (Å²) in [4.78, 5) is 26.1. The topological polar surface area (TPSA) is 55.8 Å².